The zero-order chi connectivity index (χ0) is 15.8. The molecule has 3 nitrogen and oxygen atoms in total. The minimum Gasteiger partial charge on any atom is -0.383 e. The van der Waals surface area contributed by atoms with Crippen LogP contribution in [-0.2, 0) is 11.2 Å². The molecule has 1 rings (SSSR count). The maximum absolute atomic E-state index is 6.03. The second kappa shape index (κ2) is 9.44. The van der Waals surface area contributed by atoms with Gasteiger partial charge in [0.15, 0.2) is 0 Å². The van der Waals surface area contributed by atoms with Gasteiger partial charge in [0.1, 0.15) is 0 Å². The number of anilines is 1. The van der Waals surface area contributed by atoms with Gasteiger partial charge in [-0.1, -0.05) is 29.8 Å². The van der Waals surface area contributed by atoms with Crippen LogP contribution in [0.15, 0.2) is 22.7 Å². The van der Waals surface area contributed by atoms with Gasteiger partial charge in [-0.25, -0.2) is 0 Å². The monoisotopic (exact) mass is 356 g/mol. The molecule has 120 valence electrons. The lowest BCUT2D eigenvalue weighted by atomic mass is 10.0. The number of hydrogen-bond donors (Lipinski definition) is 1. The van der Waals surface area contributed by atoms with Gasteiger partial charge in [0.2, 0.25) is 0 Å². The van der Waals surface area contributed by atoms with Gasteiger partial charge in [-0.15, -0.1) is 0 Å². The zero-order valence-corrected chi connectivity index (χ0v) is 15.3. The third kappa shape index (κ3) is 5.61. The van der Waals surface area contributed by atoms with Gasteiger partial charge in [-0.2, -0.15) is 0 Å². The van der Waals surface area contributed by atoms with Crippen LogP contribution in [0.4, 0.5) is 5.69 Å². The lowest BCUT2D eigenvalue weighted by Gasteiger charge is -2.34. The highest BCUT2D eigenvalue weighted by atomic mass is 79.9. The van der Waals surface area contributed by atoms with Crippen LogP contribution in [0.2, 0.25) is 0 Å². The minimum absolute atomic E-state index is 0.157. The standard InChI is InChI=1S/C17H29BrN2O/c1-5-16(6-2)20(9-10-21-4)17-8-7-15(18)12-14(17)11-13(3)19/h7-8,12-13,16H,5-6,9-11,19H2,1-4H3. The van der Waals surface area contributed by atoms with Crippen LogP contribution in [0.5, 0.6) is 0 Å². The second-order valence-corrected chi connectivity index (χ2v) is 6.53. The van der Waals surface area contributed by atoms with Crippen LogP contribution in [0.1, 0.15) is 39.2 Å². The number of halogens is 1. The molecule has 0 saturated heterocycles. The summed E-state index contributed by atoms with van der Waals surface area (Å²) in [4.78, 5) is 2.48. The molecule has 0 spiro atoms. The molecule has 1 aromatic rings. The van der Waals surface area contributed by atoms with E-state index in [1.165, 1.54) is 11.3 Å². The van der Waals surface area contributed by atoms with Crippen molar-refractivity contribution >= 4 is 21.6 Å². The van der Waals surface area contributed by atoms with Crippen LogP contribution in [0, 0.1) is 0 Å². The van der Waals surface area contributed by atoms with Crippen LogP contribution in [0.25, 0.3) is 0 Å². The van der Waals surface area contributed by atoms with E-state index in [0.717, 1.165) is 36.9 Å². The van der Waals surface area contributed by atoms with Crippen molar-refractivity contribution in [3.8, 4) is 0 Å². The van der Waals surface area contributed by atoms with Gasteiger partial charge in [-0.3, -0.25) is 0 Å². The Bertz CT molecular complexity index is 419. The molecule has 0 aromatic heterocycles. The molecular formula is C17H29BrN2O. The summed E-state index contributed by atoms with van der Waals surface area (Å²) in [7, 11) is 1.76. The number of benzene rings is 1. The van der Waals surface area contributed by atoms with Gasteiger partial charge < -0.3 is 15.4 Å². The molecule has 2 N–H and O–H groups in total. The Morgan fingerprint density at radius 1 is 1.29 bits per heavy atom. The highest BCUT2D eigenvalue weighted by molar-refractivity contribution is 9.10. The Morgan fingerprint density at radius 3 is 2.48 bits per heavy atom. The van der Waals surface area contributed by atoms with Crippen LogP contribution >= 0.6 is 15.9 Å². The summed E-state index contributed by atoms with van der Waals surface area (Å²) in [5.74, 6) is 0. The summed E-state index contributed by atoms with van der Waals surface area (Å²) in [6.45, 7) is 8.21. The molecule has 21 heavy (non-hydrogen) atoms. The fraction of sp³-hybridized carbons (Fsp3) is 0.647. The molecule has 1 aromatic carbocycles. The molecule has 4 heteroatoms. The molecule has 0 bridgehead atoms. The molecule has 0 amide bonds. The minimum atomic E-state index is 0.157. The average molecular weight is 357 g/mol. The quantitative estimate of drug-likeness (QED) is 0.727. The number of rotatable bonds is 9. The SMILES string of the molecule is CCC(CC)N(CCOC)c1ccc(Br)cc1CC(C)N. The number of nitrogens with zero attached hydrogens (tertiary/aromatic N) is 1. The third-order valence-corrected chi connectivity index (χ3v) is 4.31. The Balaban J connectivity index is 3.15. The predicted octanol–water partition coefficient (Wildman–Crippen LogP) is 3.98. The molecule has 0 fully saturated rings. The van der Waals surface area contributed by atoms with Crippen molar-refractivity contribution in [3.63, 3.8) is 0 Å². The van der Waals surface area contributed by atoms with Crippen molar-refractivity contribution in [3.05, 3.63) is 28.2 Å². The van der Waals surface area contributed by atoms with E-state index in [1.807, 2.05) is 0 Å². The molecule has 0 aliphatic carbocycles. The molecule has 1 unspecified atom stereocenters. The fourth-order valence-corrected chi connectivity index (χ4v) is 3.17. The molecule has 0 heterocycles. The first-order chi connectivity index (χ1) is 10.0. The Hall–Kier alpha value is -0.580. The predicted molar refractivity (Wildman–Crippen MR) is 95.1 cm³/mol. The van der Waals surface area contributed by atoms with Gasteiger partial charge in [0.05, 0.1) is 6.61 Å². The summed E-state index contributed by atoms with van der Waals surface area (Å²) in [6, 6.07) is 7.20. The van der Waals surface area contributed by atoms with Gasteiger partial charge >= 0.3 is 0 Å². The lowest BCUT2D eigenvalue weighted by molar-refractivity contribution is 0.202. The van der Waals surface area contributed by atoms with Crippen molar-refractivity contribution in [1.82, 2.24) is 0 Å². The number of hydrogen-bond acceptors (Lipinski definition) is 3. The number of ether oxygens (including phenoxy) is 1. The van der Waals surface area contributed by atoms with Crippen molar-refractivity contribution in [2.24, 2.45) is 5.73 Å². The van der Waals surface area contributed by atoms with Crippen molar-refractivity contribution < 1.29 is 4.74 Å². The first-order valence-electron chi connectivity index (χ1n) is 7.83. The van der Waals surface area contributed by atoms with Crippen molar-refractivity contribution in [1.29, 1.82) is 0 Å². The molecule has 0 saturated carbocycles. The molecule has 1 atom stereocenters. The van der Waals surface area contributed by atoms with Gasteiger partial charge in [-0.05, 0) is 49.9 Å². The smallest absolute Gasteiger partial charge is 0.0637 e. The lowest BCUT2D eigenvalue weighted by Crippen LogP contribution is -2.38. The van der Waals surface area contributed by atoms with Crippen molar-refractivity contribution in [2.45, 2.75) is 52.1 Å². The molecule has 0 aliphatic rings. The molecule has 0 radical (unpaired) electrons. The Labute approximate surface area is 138 Å². The van der Waals surface area contributed by atoms with E-state index < -0.39 is 0 Å². The van der Waals surface area contributed by atoms with Gasteiger partial charge in [0, 0.05) is 35.9 Å². The molecule has 0 aliphatic heterocycles. The topological polar surface area (TPSA) is 38.5 Å². The zero-order valence-electron chi connectivity index (χ0n) is 13.7. The highest BCUT2D eigenvalue weighted by Crippen LogP contribution is 2.28. The normalized spacial score (nSPS) is 12.7. The van der Waals surface area contributed by atoms with Gasteiger partial charge in [0.25, 0.3) is 0 Å². The molecular weight excluding hydrogens is 328 g/mol. The van der Waals surface area contributed by atoms with E-state index in [9.17, 15) is 0 Å². The maximum atomic E-state index is 6.03. The second-order valence-electron chi connectivity index (χ2n) is 5.61. The van der Waals surface area contributed by atoms with E-state index in [4.69, 9.17) is 10.5 Å². The maximum Gasteiger partial charge on any atom is 0.0637 e. The van der Waals surface area contributed by atoms with E-state index in [1.54, 1.807) is 7.11 Å². The Morgan fingerprint density at radius 2 is 1.95 bits per heavy atom. The van der Waals surface area contributed by atoms with Crippen LogP contribution < -0.4 is 10.6 Å². The van der Waals surface area contributed by atoms with Crippen molar-refractivity contribution in [2.75, 3.05) is 25.2 Å². The van der Waals surface area contributed by atoms with E-state index in [2.05, 4.69) is 59.8 Å². The number of methoxy groups -OCH3 is 1. The van der Waals surface area contributed by atoms with Crippen LogP contribution in [0.3, 0.4) is 0 Å². The van der Waals surface area contributed by atoms with E-state index >= 15 is 0 Å². The number of nitrogens with two attached hydrogens (primary N) is 1. The summed E-state index contributed by atoms with van der Waals surface area (Å²) >= 11 is 3.58. The average Bonchev–Trinajstić information content (AvgIpc) is 2.44. The van der Waals surface area contributed by atoms with Crippen LogP contribution in [-0.4, -0.2) is 32.3 Å². The summed E-state index contributed by atoms with van der Waals surface area (Å²) in [6.07, 6.45) is 3.15. The highest BCUT2D eigenvalue weighted by Gasteiger charge is 2.19. The summed E-state index contributed by atoms with van der Waals surface area (Å²) < 4.78 is 6.41. The van der Waals surface area contributed by atoms with E-state index in [-0.39, 0.29) is 6.04 Å². The summed E-state index contributed by atoms with van der Waals surface area (Å²) in [5, 5.41) is 0. The van der Waals surface area contributed by atoms with E-state index in [0.29, 0.717) is 6.04 Å². The Kier molecular flexibility index (Phi) is 8.30. The summed E-state index contributed by atoms with van der Waals surface area (Å²) in [5.41, 5.74) is 8.63. The third-order valence-electron chi connectivity index (χ3n) is 3.81. The largest absolute Gasteiger partial charge is 0.383 e. The first-order valence-corrected chi connectivity index (χ1v) is 8.62. The first kappa shape index (κ1) is 18.5. The fourth-order valence-electron chi connectivity index (χ4n) is 2.76.